The van der Waals surface area contributed by atoms with Gasteiger partial charge in [0.2, 0.25) is 0 Å². The molecule has 0 saturated heterocycles. The number of carboxylic acids is 1. The summed E-state index contributed by atoms with van der Waals surface area (Å²) in [6.07, 6.45) is 9.53. The van der Waals surface area contributed by atoms with Crippen molar-refractivity contribution in [3.8, 4) is 0 Å². The molecule has 23 heavy (non-hydrogen) atoms. The number of unbranched alkanes of at least 4 members (excludes halogenated alkanes) is 3. The Labute approximate surface area is 142 Å². The van der Waals surface area contributed by atoms with Crippen molar-refractivity contribution in [2.24, 2.45) is 0 Å². The third-order valence-electron chi connectivity index (χ3n) is 4.45. The van der Waals surface area contributed by atoms with Crippen molar-refractivity contribution in [1.29, 1.82) is 0 Å². The molecule has 0 amide bonds. The van der Waals surface area contributed by atoms with Gasteiger partial charge in [0.05, 0.1) is 19.6 Å². The molecule has 0 fully saturated rings. The first-order valence-corrected chi connectivity index (χ1v) is 9.33. The fourth-order valence-corrected chi connectivity index (χ4v) is 3.48. The summed E-state index contributed by atoms with van der Waals surface area (Å²) in [4.78, 5) is 10.6. The van der Waals surface area contributed by atoms with Gasteiger partial charge >= 0.3 is 0 Å². The number of aliphatic hydroxyl groups excluding tert-OH is 1. The van der Waals surface area contributed by atoms with Crippen LogP contribution in [0.15, 0.2) is 12.7 Å². The largest absolute Gasteiger partial charge is 0.550 e. The van der Waals surface area contributed by atoms with E-state index in [2.05, 4.69) is 20.4 Å². The summed E-state index contributed by atoms with van der Waals surface area (Å²) in [6, 6.07) is 0. The van der Waals surface area contributed by atoms with Crippen LogP contribution in [-0.2, 0) is 4.79 Å². The van der Waals surface area contributed by atoms with Crippen LogP contribution in [0.3, 0.4) is 0 Å². The quantitative estimate of drug-likeness (QED) is 0.269. The molecule has 1 unspecified atom stereocenters. The molecule has 1 atom stereocenters. The van der Waals surface area contributed by atoms with Crippen molar-refractivity contribution in [1.82, 2.24) is 0 Å². The first kappa shape index (κ1) is 22.1. The Balaban J connectivity index is 4.49. The van der Waals surface area contributed by atoms with Crippen LogP contribution in [0.25, 0.3) is 0 Å². The van der Waals surface area contributed by atoms with E-state index in [0.717, 1.165) is 75.6 Å². The zero-order valence-corrected chi connectivity index (χ0v) is 15.3. The molecule has 0 radical (unpaired) electrons. The summed E-state index contributed by atoms with van der Waals surface area (Å²) >= 11 is 0. The summed E-state index contributed by atoms with van der Waals surface area (Å²) in [7, 11) is 0. The van der Waals surface area contributed by atoms with Crippen LogP contribution >= 0.6 is 0 Å². The molecule has 0 heterocycles. The number of nitrogens with zero attached hydrogens (tertiary/aromatic N) is 1. The van der Waals surface area contributed by atoms with E-state index in [1.807, 2.05) is 6.08 Å². The Kier molecular flexibility index (Phi) is 13.0. The fraction of sp³-hybridized carbons (Fsp3) is 0.842. The van der Waals surface area contributed by atoms with Crippen molar-refractivity contribution in [2.45, 2.75) is 77.7 Å². The van der Waals surface area contributed by atoms with E-state index in [4.69, 9.17) is 0 Å². The number of quaternary nitrogens is 1. The molecule has 0 aliphatic rings. The average molecular weight is 328 g/mol. The molecule has 136 valence electrons. The lowest BCUT2D eigenvalue weighted by atomic mass is 10.1. The second kappa shape index (κ2) is 13.6. The van der Waals surface area contributed by atoms with Gasteiger partial charge in [-0.2, -0.15) is 0 Å². The number of allylic oxidation sites excluding steroid dienone is 1. The summed E-state index contributed by atoms with van der Waals surface area (Å²) in [5.41, 5.74) is 0. The molecule has 0 rings (SSSR count). The predicted octanol–water partition coefficient (Wildman–Crippen LogP) is 2.65. The van der Waals surface area contributed by atoms with Crippen LogP contribution in [0.4, 0.5) is 0 Å². The first-order valence-electron chi connectivity index (χ1n) is 9.33. The van der Waals surface area contributed by atoms with E-state index < -0.39 is 5.97 Å². The summed E-state index contributed by atoms with van der Waals surface area (Å²) < 4.78 is 0.919. The SMILES string of the molecule is C=CCCCCC(O)C[N+](CCC)(CCC)CCCCC(=O)[O-]. The minimum atomic E-state index is -0.962. The lowest BCUT2D eigenvalue weighted by Gasteiger charge is -2.40. The van der Waals surface area contributed by atoms with E-state index in [-0.39, 0.29) is 12.5 Å². The fourth-order valence-electron chi connectivity index (χ4n) is 3.48. The van der Waals surface area contributed by atoms with Gasteiger partial charge in [-0.1, -0.05) is 26.3 Å². The Morgan fingerprint density at radius 2 is 1.78 bits per heavy atom. The number of carbonyl (C=O) groups excluding carboxylic acids is 1. The highest BCUT2D eigenvalue weighted by Gasteiger charge is 2.28. The first-order chi connectivity index (χ1) is 11.0. The minimum absolute atomic E-state index is 0.141. The lowest BCUT2D eigenvalue weighted by Crippen LogP contribution is -2.53. The number of hydrogen-bond acceptors (Lipinski definition) is 3. The summed E-state index contributed by atoms with van der Waals surface area (Å²) in [5, 5.41) is 21.0. The van der Waals surface area contributed by atoms with Gasteiger partial charge in [-0.05, 0) is 51.4 Å². The standard InChI is InChI=1S/C19H37NO3/c1-4-7-8-9-12-18(21)17-20(14-5-2,15-6-3)16-11-10-13-19(22)23/h4,18,21H,1,5-17H2,2-3H3. The Hall–Kier alpha value is -0.870. The maximum Gasteiger partial charge on any atom is 0.105 e. The van der Waals surface area contributed by atoms with Crippen LogP contribution in [0, 0.1) is 0 Å². The Morgan fingerprint density at radius 3 is 2.30 bits per heavy atom. The van der Waals surface area contributed by atoms with Gasteiger partial charge in [-0.3, -0.25) is 0 Å². The molecule has 0 aromatic heterocycles. The highest BCUT2D eigenvalue weighted by Crippen LogP contribution is 2.17. The van der Waals surface area contributed by atoms with Crippen LogP contribution in [-0.4, -0.2) is 47.8 Å². The van der Waals surface area contributed by atoms with Gasteiger partial charge in [0.25, 0.3) is 0 Å². The van der Waals surface area contributed by atoms with E-state index >= 15 is 0 Å². The lowest BCUT2D eigenvalue weighted by molar-refractivity contribution is -0.931. The molecule has 0 aliphatic heterocycles. The molecular formula is C19H37NO3. The highest BCUT2D eigenvalue weighted by molar-refractivity contribution is 5.64. The van der Waals surface area contributed by atoms with Gasteiger partial charge < -0.3 is 19.5 Å². The van der Waals surface area contributed by atoms with Gasteiger partial charge in [0.15, 0.2) is 0 Å². The molecule has 4 heteroatoms. The molecular weight excluding hydrogens is 290 g/mol. The molecule has 0 aliphatic carbocycles. The average Bonchev–Trinajstić information content (AvgIpc) is 2.48. The zero-order valence-electron chi connectivity index (χ0n) is 15.3. The van der Waals surface area contributed by atoms with Crippen molar-refractivity contribution in [2.75, 3.05) is 26.2 Å². The van der Waals surface area contributed by atoms with Gasteiger partial charge in [-0.25, -0.2) is 0 Å². The van der Waals surface area contributed by atoms with Gasteiger partial charge in [0, 0.05) is 5.97 Å². The van der Waals surface area contributed by atoms with Crippen LogP contribution in [0.5, 0.6) is 0 Å². The van der Waals surface area contributed by atoms with E-state index in [0.29, 0.717) is 6.42 Å². The van der Waals surface area contributed by atoms with E-state index in [9.17, 15) is 15.0 Å². The van der Waals surface area contributed by atoms with Gasteiger partial charge in [-0.15, -0.1) is 6.58 Å². The molecule has 0 bridgehead atoms. The van der Waals surface area contributed by atoms with Gasteiger partial charge in [0.1, 0.15) is 12.6 Å². The van der Waals surface area contributed by atoms with E-state index in [1.54, 1.807) is 0 Å². The third-order valence-corrected chi connectivity index (χ3v) is 4.45. The zero-order chi connectivity index (χ0) is 17.6. The van der Waals surface area contributed by atoms with Crippen molar-refractivity contribution in [3.05, 3.63) is 12.7 Å². The second-order valence-electron chi connectivity index (χ2n) is 6.75. The topological polar surface area (TPSA) is 60.4 Å². The maximum absolute atomic E-state index is 10.6. The number of aliphatic carboxylic acids is 1. The molecule has 1 N–H and O–H groups in total. The van der Waals surface area contributed by atoms with Crippen molar-refractivity contribution in [3.63, 3.8) is 0 Å². The van der Waals surface area contributed by atoms with Crippen molar-refractivity contribution >= 4 is 5.97 Å². The second-order valence-corrected chi connectivity index (χ2v) is 6.75. The Morgan fingerprint density at radius 1 is 1.13 bits per heavy atom. The van der Waals surface area contributed by atoms with Crippen LogP contribution in [0.2, 0.25) is 0 Å². The number of carbonyl (C=O) groups is 1. The highest BCUT2D eigenvalue weighted by atomic mass is 16.4. The molecule has 0 aromatic rings. The normalized spacial score (nSPS) is 13.0. The molecule has 0 aromatic carbocycles. The third kappa shape index (κ3) is 11.3. The monoisotopic (exact) mass is 327 g/mol. The molecule has 0 spiro atoms. The predicted molar refractivity (Wildman–Crippen MR) is 93.8 cm³/mol. The van der Waals surface area contributed by atoms with Crippen LogP contribution in [0.1, 0.15) is 71.6 Å². The maximum atomic E-state index is 10.6. The smallest absolute Gasteiger partial charge is 0.105 e. The summed E-state index contributed by atoms with van der Waals surface area (Å²) in [6.45, 7) is 12.0. The number of rotatable bonds is 16. The van der Waals surface area contributed by atoms with E-state index in [1.165, 1.54) is 0 Å². The minimum Gasteiger partial charge on any atom is -0.550 e. The number of carboxylic acid groups (broad SMARTS) is 1. The summed E-state index contributed by atoms with van der Waals surface area (Å²) in [5.74, 6) is -0.962. The van der Waals surface area contributed by atoms with Crippen LogP contribution < -0.4 is 5.11 Å². The number of hydrogen-bond donors (Lipinski definition) is 1. The Bertz CT molecular complexity index is 312. The van der Waals surface area contributed by atoms with Crippen molar-refractivity contribution < 1.29 is 19.5 Å². The molecule has 0 saturated carbocycles. The number of aliphatic hydroxyl groups is 1. The molecule has 4 nitrogen and oxygen atoms in total.